The summed E-state index contributed by atoms with van der Waals surface area (Å²) in [5.41, 5.74) is 1.44. The van der Waals surface area contributed by atoms with Gasteiger partial charge in [0.25, 0.3) is 0 Å². The minimum absolute atomic E-state index is 0.574. The van der Waals surface area contributed by atoms with Crippen molar-refractivity contribution in [2.45, 2.75) is 44.2 Å². The number of nitrogens with zero attached hydrogens (tertiary/aromatic N) is 4. The lowest BCUT2D eigenvalue weighted by molar-refractivity contribution is 0.107. The van der Waals surface area contributed by atoms with Crippen LogP contribution >= 0.6 is 0 Å². The molecule has 2 fully saturated rings. The predicted octanol–water partition coefficient (Wildman–Crippen LogP) is 2.97. The smallest absolute Gasteiger partial charge is 0.135 e. The molecule has 0 bridgehead atoms. The highest BCUT2D eigenvalue weighted by Crippen LogP contribution is 2.43. The van der Waals surface area contributed by atoms with Crippen LogP contribution in [0.1, 0.15) is 43.0 Å². The SMILES string of the molecule is Cn1cnnc1[C@@H]1CCN(Cc2ccccc2)[C@H](C2CC2)C1. The van der Waals surface area contributed by atoms with Crippen molar-refractivity contribution >= 4 is 0 Å². The van der Waals surface area contributed by atoms with E-state index < -0.39 is 0 Å². The summed E-state index contributed by atoms with van der Waals surface area (Å²) < 4.78 is 2.10. The van der Waals surface area contributed by atoms with Crippen LogP contribution in [-0.4, -0.2) is 32.3 Å². The molecule has 2 aliphatic rings. The average molecular weight is 296 g/mol. The first kappa shape index (κ1) is 13.9. The zero-order valence-electron chi connectivity index (χ0n) is 13.2. The lowest BCUT2D eigenvalue weighted by atomic mass is 9.87. The van der Waals surface area contributed by atoms with Gasteiger partial charge in [0.15, 0.2) is 0 Å². The van der Waals surface area contributed by atoms with Gasteiger partial charge in [-0.1, -0.05) is 30.3 Å². The van der Waals surface area contributed by atoms with Gasteiger partial charge < -0.3 is 4.57 Å². The summed E-state index contributed by atoms with van der Waals surface area (Å²) in [5.74, 6) is 2.65. The predicted molar refractivity (Wildman–Crippen MR) is 86.3 cm³/mol. The molecule has 0 amide bonds. The zero-order chi connectivity index (χ0) is 14.9. The highest BCUT2D eigenvalue weighted by atomic mass is 15.3. The van der Waals surface area contributed by atoms with Crippen LogP contribution < -0.4 is 0 Å². The summed E-state index contributed by atoms with van der Waals surface area (Å²) >= 11 is 0. The maximum absolute atomic E-state index is 4.36. The molecular weight excluding hydrogens is 272 g/mol. The number of likely N-dealkylation sites (tertiary alicyclic amines) is 1. The highest BCUT2D eigenvalue weighted by Gasteiger charge is 2.40. The summed E-state index contributed by atoms with van der Waals surface area (Å²) in [6, 6.07) is 11.6. The Morgan fingerprint density at radius 2 is 1.95 bits per heavy atom. The summed E-state index contributed by atoms with van der Waals surface area (Å²) in [6.07, 6.45) is 7.08. The van der Waals surface area contributed by atoms with Gasteiger partial charge in [0.2, 0.25) is 0 Å². The number of hydrogen-bond acceptors (Lipinski definition) is 3. The Bertz CT molecular complexity index is 617. The molecule has 0 unspecified atom stereocenters. The number of benzene rings is 1. The van der Waals surface area contributed by atoms with Crippen LogP contribution in [0.3, 0.4) is 0 Å². The average Bonchev–Trinajstić information content (AvgIpc) is 3.30. The first-order valence-corrected chi connectivity index (χ1v) is 8.43. The molecule has 1 aliphatic carbocycles. The standard InChI is InChI=1S/C18H24N4/c1-21-13-19-20-18(21)16-9-10-22(17(11-16)15-7-8-15)12-14-5-3-2-4-6-14/h2-6,13,15-17H,7-12H2,1H3/t16-,17+/m1/s1. The fourth-order valence-corrected chi connectivity index (χ4v) is 3.93. The molecule has 116 valence electrons. The fraction of sp³-hybridized carbons (Fsp3) is 0.556. The van der Waals surface area contributed by atoms with Gasteiger partial charge in [-0.15, -0.1) is 10.2 Å². The van der Waals surface area contributed by atoms with E-state index >= 15 is 0 Å². The first-order valence-electron chi connectivity index (χ1n) is 8.43. The molecule has 2 heterocycles. The van der Waals surface area contributed by atoms with E-state index in [1.54, 1.807) is 0 Å². The highest BCUT2D eigenvalue weighted by molar-refractivity contribution is 5.15. The van der Waals surface area contributed by atoms with E-state index in [4.69, 9.17) is 0 Å². The minimum atomic E-state index is 0.574. The zero-order valence-corrected chi connectivity index (χ0v) is 13.2. The van der Waals surface area contributed by atoms with Crippen molar-refractivity contribution in [1.29, 1.82) is 0 Å². The van der Waals surface area contributed by atoms with Crippen LogP contribution in [0.25, 0.3) is 0 Å². The second-order valence-electron chi connectivity index (χ2n) is 6.88. The van der Waals surface area contributed by atoms with Crippen molar-refractivity contribution in [3.8, 4) is 0 Å². The van der Waals surface area contributed by atoms with Gasteiger partial charge in [-0.3, -0.25) is 4.90 Å². The van der Waals surface area contributed by atoms with Crippen molar-refractivity contribution in [3.05, 3.63) is 48.0 Å². The minimum Gasteiger partial charge on any atom is -0.320 e. The van der Waals surface area contributed by atoms with E-state index in [0.29, 0.717) is 5.92 Å². The van der Waals surface area contributed by atoms with Crippen LogP contribution in [-0.2, 0) is 13.6 Å². The normalized spacial score (nSPS) is 26.2. The number of aryl methyl sites for hydroxylation is 1. The molecule has 22 heavy (non-hydrogen) atoms. The number of aromatic nitrogens is 3. The van der Waals surface area contributed by atoms with E-state index in [-0.39, 0.29) is 0 Å². The Balaban J connectivity index is 1.49. The third-order valence-corrected chi connectivity index (χ3v) is 5.27. The molecule has 2 atom stereocenters. The Morgan fingerprint density at radius 3 is 2.64 bits per heavy atom. The second-order valence-corrected chi connectivity index (χ2v) is 6.88. The Hall–Kier alpha value is -1.68. The number of hydrogen-bond donors (Lipinski definition) is 0. The molecule has 1 aromatic carbocycles. The Morgan fingerprint density at radius 1 is 1.14 bits per heavy atom. The van der Waals surface area contributed by atoms with Crippen molar-refractivity contribution in [2.24, 2.45) is 13.0 Å². The van der Waals surface area contributed by atoms with Crippen LogP contribution in [0.4, 0.5) is 0 Å². The fourth-order valence-electron chi connectivity index (χ4n) is 3.93. The van der Waals surface area contributed by atoms with E-state index in [1.165, 1.54) is 43.6 Å². The molecule has 0 N–H and O–H groups in total. The number of piperidine rings is 1. The topological polar surface area (TPSA) is 34.0 Å². The van der Waals surface area contributed by atoms with Crippen molar-refractivity contribution in [2.75, 3.05) is 6.54 Å². The molecule has 2 aromatic rings. The summed E-state index contributed by atoms with van der Waals surface area (Å²) in [4.78, 5) is 2.71. The van der Waals surface area contributed by atoms with E-state index in [9.17, 15) is 0 Å². The number of rotatable bonds is 4. The summed E-state index contributed by atoms with van der Waals surface area (Å²) in [5, 5.41) is 8.43. The molecule has 1 saturated heterocycles. The molecule has 1 saturated carbocycles. The van der Waals surface area contributed by atoms with Gasteiger partial charge in [0, 0.05) is 25.6 Å². The van der Waals surface area contributed by atoms with E-state index in [1.807, 2.05) is 6.33 Å². The van der Waals surface area contributed by atoms with Crippen LogP contribution in [0, 0.1) is 5.92 Å². The lowest BCUT2D eigenvalue weighted by Gasteiger charge is -2.39. The third-order valence-electron chi connectivity index (χ3n) is 5.27. The van der Waals surface area contributed by atoms with Gasteiger partial charge in [-0.2, -0.15) is 0 Å². The van der Waals surface area contributed by atoms with Gasteiger partial charge in [-0.25, -0.2) is 0 Å². The van der Waals surface area contributed by atoms with Gasteiger partial charge in [0.05, 0.1) is 0 Å². The van der Waals surface area contributed by atoms with Crippen LogP contribution in [0.15, 0.2) is 36.7 Å². The van der Waals surface area contributed by atoms with Gasteiger partial charge >= 0.3 is 0 Å². The molecule has 4 nitrogen and oxygen atoms in total. The Labute approximate surface area is 132 Å². The molecule has 4 rings (SSSR count). The lowest BCUT2D eigenvalue weighted by Crippen LogP contribution is -2.43. The monoisotopic (exact) mass is 296 g/mol. The Kier molecular flexibility index (Phi) is 3.70. The third kappa shape index (κ3) is 2.80. The van der Waals surface area contributed by atoms with Crippen molar-refractivity contribution in [1.82, 2.24) is 19.7 Å². The van der Waals surface area contributed by atoms with Gasteiger partial charge in [0.1, 0.15) is 12.2 Å². The van der Waals surface area contributed by atoms with E-state index in [0.717, 1.165) is 18.5 Å². The van der Waals surface area contributed by atoms with Crippen LogP contribution in [0.2, 0.25) is 0 Å². The van der Waals surface area contributed by atoms with Crippen molar-refractivity contribution in [3.63, 3.8) is 0 Å². The summed E-state index contributed by atoms with van der Waals surface area (Å²) in [7, 11) is 2.07. The van der Waals surface area contributed by atoms with Gasteiger partial charge in [-0.05, 0) is 43.7 Å². The second kappa shape index (κ2) is 5.84. The molecule has 0 radical (unpaired) electrons. The molecular formula is C18H24N4. The van der Waals surface area contributed by atoms with Crippen molar-refractivity contribution < 1.29 is 0 Å². The van der Waals surface area contributed by atoms with Crippen LogP contribution in [0.5, 0.6) is 0 Å². The largest absolute Gasteiger partial charge is 0.320 e. The summed E-state index contributed by atoms with van der Waals surface area (Å²) in [6.45, 7) is 2.27. The molecule has 1 aromatic heterocycles. The molecule has 1 aliphatic heterocycles. The quantitative estimate of drug-likeness (QED) is 0.870. The molecule has 0 spiro atoms. The maximum Gasteiger partial charge on any atom is 0.135 e. The maximum atomic E-state index is 4.36. The first-order chi connectivity index (χ1) is 10.8. The van der Waals surface area contributed by atoms with E-state index in [2.05, 4.69) is 57.0 Å². The molecule has 4 heteroatoms.